The third kappa shape index (κ3) is 4.18. The average molecular weight is 305 g/mol. The van der Waals surface area contributed by atoms with Gasteiger partial charge in [0.15, 0.2) is 11.5 Å². The van der Waals surface area contributed by atoms with Crippen LogP contribution in [0.2, 0.25) is 0 Å². The molecule has 0 heterocycles. The molecule has 1 aromatic rings. The van der Waals surface area contributed by atoms with Gasteiger partial charge in [-0.3, -0.25) is 4.79 Å². The number of nitrogens with two attached hydrogens (primary N) is 1. The Morgan fingerprint density at radius 2 is 1.70 bits per heavy atom. The SMILES string of the molecule is COc1cc(C(=O)N[C@@H](C)CN)cc(OC)c1OC.Cl. The van der Waals surface area contributed by atoms with Crippen molar-refractivity contribution in [2.75, 3.05) is 27.9 Å². The maximum Gasteiger partial charge on any atom is 0.251 e. The maximum absolute atomic E-state index is 12.0. The monoisotopic (exact) mass is 304 g/mol. The van der Waals surface area contributed by atoms with E-state index in [1.807, 2.05) is 6.92 Å². The normalized spacial score (nSPS) is 11.1. The molecular weight excluding hydrogens is 284 g/mol. The molecule has 0 fully saturated rings. The molecule has 7 heteroatoms. The maximum atomic E-state index is 12.0. The number of nitrogens with one attached hydrogen (secondary N) is 1. The molecule has 0 radical (unpaired) electrons. The highest BCUT2D eigenvalue weighted by Crippen LogP contribution is 2.38. The van der Waals surface area contributed by atoms with E-state index < -0.39 is 0 Å². The number of amides is 1. The zero-order valence-electron chi connectivity index (χ0n) is 12.1. The standard InChI is InChI=1S/C13H20N2O4.ClH/c1-8(7-14)15-13(16)9-5-10(17-2)12(19-4)11(6-9)18-3;/h5-6,8H,7,14H2,1-4H3,(H,15,16);1H/t8-;/m0./s1. The molecule has 0 unspecified atom stereocenters. The first kappa shape index (κ1) is 18.3. The lowest BCUT2D eigenvalue weighted by Gasteiger charge is -2.15. The quantitative estimate of drug-likeness (QED) is 0.825. The second kappa shape index (κ2) is 8.50. The van der Waals surface area contributed by atoms with Gasteiger partial charge in [0.25, 0.3) is 5.91 Å². The molecule has 1 rings (SSSR count). The van der Waals surface area contributed by atoms with Crippen LogP contribution in [0.3, 0.4) is 0 Å². The van der Waals surface area contributed by atoms with Gasteiger partial charge >= 0.3 is 0 Å². The van der Waals surface area contributed by atoms with Crippen molar-refractivity contribution in [3.63, 3.8) is 0 Å². The largest absolute Gasteiger partial charge is 0.493 e. The van der Waals surface area contributed by atoms with E-state index in [1.54, 1.807) is 12.1 Å². The highest BCUT2D eigenvalue weighted by Gasteiger charge is 2.17. The molecule has 6 nitrogen and oxygen atoms in total. The van der Waals surface area contributed by atoms with Crippen molar-refractivity contribution in [2.45, 2.75) is 13.0 Å². The van der Waals surface area contributed by atoms with Crippen molar-refractivity contribution in [1.29, 1.82) is 0 Å². The fourth-order valence-electron chi connectivity index (χ4n) is 1.58. The van der Waals surface area contributed by atoms with Gasteiger partial charge in [-0.15, -0.1) is 12.4 Å². The van der Waals surface area contributed by atoms with E-state index in [0.29, 0.717) is 29.4 Å². The van der Waals surface area contributed by atoms with Crippen LogP contribution in [0.15, 0.2) is 12.1 Å². The first-order valence-corrected chi connectivity index (χ1v) is 5.88. The van der Waals surface area contributed by atoms with Crippen molar-refractivity contribution >= 4 is 18.3 Å². The fraction of sp³-hybridized carbons (Fsp3) is 0.462. The van der Waals surface area contributed by atoms with Crippen molar-refractivity contribution < 1.29 is 19.0 Å². The second-order valence-electron chi connectivity index (χ2n) is 4.02. The summed E-state index contributed by atoms with van der Waals surface area (Å²) in [7, 11) is 4.51. The van der Waals surface area contributed by atoms with Gasteiger partial charge in [-0.25, -0.2) is 0 Å². The number of carbonyl (C=O) groups excluding carboxylic acids is 1. The van der Waals surface area contributed by atoms with Gasteiger partial charge in [0.2, 0.25) is 5.75 Å². The van der Waals surface area contributed by atoms with E-state index in [1.165, 1.54) is 21.3 Å². The number of methoxy groups -OCH3 is 3. The lowest BCUT2D eigenvalue weighted by atomic mass is 10.1. The number of halogens is 1. The Hall–Kier alpha value is -1.66. The molecular formula is C13H21ClN2O4. The fourth-order valence-corrected chi connectivity index (χ4v) is 1.58. The van der Waals surface area contributed by atoms with E-state index >= 15 is 0 Å². The number of benzene rings is 1. The zero-order chi connectivity index (χ0) is 14.4. The molecule has 0 aliphatic rings. The summed E-state index contributed by atoms with van der Waals surface area (Å²) >= 11 is 0. The van der Waals surface area contributed by atoms with Crippen LogP contribution in [0.4, 0.5) is 0 Å². The Kier molecular flexibility index (Phi) is 7.79. The number of ether oxygens (including phenoxy) is 3. The number of hydrogen-bond acceptors (Lipinski definition) is 5. The van der Waals surface area contributed by atoms with Crippen LogP contribution in [0.5, 0.6) is 17.2 Å². The van der Waals surface area contributed by atoms with Gasteiger partial charge in [-0.2, -0.15) is 0 Å². The molecule has 0 saturated heterocycles. The Morgan fingerprint density at radius 3 is 2.05 bits per heavy atom. The van der Waals surface area contributed by atoms with Crippen molar-refractivity contribution in [1.82, 2.24) is 5.32 Å². The Balaban J connectivity index is 0.00000361. The summed E-state index contributed by atoms with van der Waals surface area (Å²) in [6.45, 7) is 2.20. The second-order valence-corrected chi connectivity index (χ2v) is 4.02. The smallest absolute Gasteiger partial charge is 0.251 e. The molecule has 0 bridgehead atoms. The molecule has 0 spiro atoms. The average Bonchev–Trinajstić information content (AvgIpc) is 2.44. The molecule has 1 atom stereocenters. The van der Waals surface area contributed by atoms with E-state index in [9.17, 15) is 4.79 Å². The number of rotatable bonds is 6. The van der Waals surface area contributed by atoms with E-state index in [4.69, 9.17) is 19.9 Å². The molecule has 114 valence electrons. The summed E-state index contributed by atoms with van der Waals surface area (Å²) in [4.78, 5) is 12.0. The Morgan fingerprint density at radius 1 is 1.20 bits per heavy atom. The minimum atomic E-state index is -0.239. The third-order valence-corrected chi connectivity index (χ3v) is 2.66. The molecule has 0 aliphatic carbocycles. The highest BCUT2D eigenvalue weighted by atomic mass is 35.5. The minimum Gasteiger partial charge on any atom is -0.493 e. The summed E-state index contributed by atoms with van der Waals surface area (Å²) in [5, 5.41) is 2.77. The molecule has 0 saturated carbocycles. The van der Waals surface area contributed by atoms with Gasteiger partial charge in [-0.05, 0) is 19.1 Å². The number of hydrogen-bond donors (Lipinski definition) is 2. The van der Waals surface area contributed by atoms with Gasteiger partial charge in [0.1, 0.15) is 0 Å². The van der Waals surface area contributed by atoms with Crippen molar-refractivity contribution in [3.8, 4) is 17.2 Å². The van der Waals surface area contributed by atoms with Crippen LogP contribution >= 0.6 is 12.4 Å². The molecule has 0 aromatic heterocycles. The predicted octanol–water partition coefficient (Wildman–Crippen LogP) is 1.21. The van der Waals surface area contributed by atoms with E-state index in [-0.39, 0.29) is 24.4 Å². The van der Waals surface area contributed by atoms with Gasteiger partial charge in [0.05, 0.1) is 21.3 Å². The summed E-state index contributed by atoms with van der Waals surface area (Å²) in [5.41, 5.74) is 5.90. The molecule has 1 amide bonds. The molecule has 0 aliphatic heterocycles. The van der Waals surface area contributed by atoms with Gasteiger partial charge in [0, 0.05) is 18.2 Å². The summed E-state index contributed by atoms with van der Waals surface area (Å²) in [6.07, 6.45) is 0. The van der Waals surface area contributed by atoms with Gasteiger partial charge in [-0.1, -0.05) is 0 Å². The van der Waals surface area contributed by atoms with Crippen LogP contribution in [0.1, 0.15) is 17.3 Å². The lowest BCUT2D eigenvalue weighted by Crippen LogP contribution is -2.37. The third-order valence-electron chi connectivity index (χ3n) is 2.66. The zero-order valence-corrected chi connectivity index (χ0v) is 12.9. The van der Waals surface area contributed by atoms with Crippen LogP contribution in [0, 0.1) is 0 Å². The topological polar surface area (TPSA) is 82.8 Å². The van der Waals surface area contributed by atoms with Crippen LogP contribution in [-0.4, -0.2) is 39.8 Å². The van der Waals surface area contributed by atoms with Crippen LogP contribution in [-0.2, 0) is 0 Å². The molecule has 3 N–H and O–H groups in total. The van der Waals surface area contributed by atoms with Crippen LogP contribution < -0.4 is 25.3 Å². The van der Waals surface area contributed by atoms with Crippen molar-refractivity contribution in [3.05, 3.63) is 17.7 Å². The molecule has 1 aromatic carbocycles. The summed E-state index contributed by atoms with van der Waals surface area (Å²) in [6, 6.07) is 3.09. The first-order valence-electron chi connectivity index (χ1n) is 5.88. The lowest BCUT2D eigenvalue weighted by molar-refractivity contribution is 0.0940. The summed E-state index contributed by atoms with van der Waals surface area (Å²) < 4.78 is 15.6. The highest BCUT2D eigenvalue weighted by molar-refractivity contribution is 5.95. The number of carbonyl (C=O) groups is 1. The Labute approximate surface area is 125 Å². The van der Waals surface area contributed by atoms with Crippen LogP contribution in [0.25, 0.3) is 0 Å². The molecule has 20 heavy (non-hydrogen) atoms. The minimum absolute atomic E-state index is 0. The first-order chi connectivity index (χ1) is 9.07. The van der Waals surface area contributed by atoms with E-state index in [0.717, 1.165) is 0 Å². The predicted molar refractivity (Wildman–Crippen MR) is 79.3 cm³/mol. The van der Waals surface area contributed by atoms with E-state index in [2.05, 4.69) is 5.32 Å². The summed E-state index contributed by atoms with van der Waals surface area (Å²) in [5.74, 6) is 1.09. The van der Waals surface area contributed by atoms with Crippen molar-refractivity contribution in [2.24, 2.45) is 5.73 Å². The Bertz CT molecular complexity index is 429. The van der Waals surface area contributed by atoms with Gasteiger partial charge < -0.3 is 25.3 Å².